The minimum absolute atomic E-state index is 0.127. The third kappa shape index (κ3) is 3.08. The van der Waals surface area contributed by atoms with Crippen LogP contribution in [-0.4, -0.2) is 19.9 Å². The van der Waals surface area contributed by atoms with Crippen molar-refractivity contribution in [3.05, 3.63) is 41.5 Å². The molecule has 0 radical (unpaired) electrons. The number of aliphatic hydroxyl groups is 1. The number of alkyl halides is 3. The maximum atomic E-state index is 12.9. The Kier molecular flexibility index (Phi) is 3.93. The Labute approximate surface area is 112 Å². The molecule has 0 bridgehead atoms. The van der Waals surface area contributed by atoms with Gasteiger partial charge in [0.1, 0.15) is 18.7 Å². The van der Waals surface area contributed by atoms with Gasteiger partial charge in [0, 0.05) is 7.05 Å². The number of nitrogens with zero attached hydrogens (tertiary/aromatic N) is 3. The van der Waals surface area contributed by atoms with Crippen molar-refractivity contribution in [2.75, 3.05) is 0 Å². The van der Waals surface area contributed by atoms with Crippen molar-refractivity contribution in [1.82, 2.24) is 14.8 Å². The Morgan fingerprint density at radius 2 is 2.10 bits per heavy atom. The zero-order valence-electron chi connectivity index (χ0n) is 10.6. The second-order valence-corrected chi connectivity index (χ2v) is 4.13. The monoisotopic (exact) mass is 287 g/mol. The molecule has 0 amide bonds. The maximum Gasteiger partial charge on any atom is 0.419 e. The van der Waals surface area contributed by atoms with E-state index in [-0.39, 0.29) is 17.9 Å². The molecule has 1 aromatic carbocycles. The molecule has 2 rings (SSSR count). The predicted octanol–water partition coefficient (Wildman–Crippen LogP) is 1.91. The van der Waals surface area contributed by atoms with Gasteiger partial charge in [-0.05, 0) is 17.7 Å². The van der Waals surface area contributed by atoms with Crippen molar-refractivity contribution in [3.63, 3.8) is 0 Å². The maximum absolute atomic E-state index is 12.9. The zero-order valence-corrected chi connectivity index (χ0v) is 10.6. The number of ether oxygens (including phenoxy) is 1. The van der Waals surface area contributed by atoms with Crippen LogP contribution < -0.4 is 4.74 Å². The van der Waals surface area contributed by atoms with E-state index in [1.165, 1.54) is 18.5 Å². The van der Waals surface area contributed by atoms with Crippen LogP contribution in [0.2, 0.25) is 0 Å². The van der Waals surface area contributed by atoms with E-state index in [2.05, 4.69) is 10.2 Å². The summed E-state index contributed by atoms with van der Waals surface area (Å²) in [6.45, 7) is -0.593. The van der Waals surface area contributed by atoms with Crippen LogP contribution in [-0.2, 0) is 26.4 Å². The van der Waals surface area contributed by atoms with Crippen LogP contribution in [0.3, 0.4) is 0 Å². The summed E-state index contributed by atoms with van der Waals surface area (Å²) < 4.78 is 45.5. The molecule has 108 valence electrons. The highest BCUT2D eigenvalue weighted by molar-refractivity contribution is 5.39. The lowest BCUT2D eigenvalue weighted by molar-refractivity contribution is -0.139. The number of halogens is 3. The van der Waals surface area contributed by atoms with Crippen LogP contribution in [0.5, 0.6) is 5.75 Å². The molecule has 0 atom stereocenters. The molecule has 0 spiro atoms. The van der Waals surface area contributed by atoms with Gasteiger partial charge in [-0.1, -0.05) is 6.07 Å². The Balaban J connectivity index is 2.25. The summed E-state index contributed by atoms with van der Waals surface area (Å²) in [5, 5.41) is 16.2. The molecule has 0 aliphatic heterocycles. The lowest BCUT2D eigenvalue weighted by Gasteiger charge is -2.14. The normalized spacial score (nSPS) is 11.7. The third-order valence-electron chi connectivity index (χ3n) is 2.69. The van der Waals surface area contributed by atoms with Crippen LogP contribution in [0.15, 0.2) is 24.5 Å². The van der Waals surface area contributed by atoms with Gasteiger partial charge in [0.25, 0.3) is 0 Å². The van der Waals surface area contributed by atoms with Crippen molar-refractivity contribution >= 4 is 0 Å². The fourth-order valence-electron chi connectivity index (χ4n) is 1.60. The van der Waals surface area contributed by atoms with Crippen molar-refractivity contribution < 1.29 is 23.0 Å². The summed E-state index contributed by atoms with van der Waals surface area (Å²) >= 11 is 0. The van der Waals surface area contributed by atoms with Gasteiger partial charge in [-0.25, -0.2) is 0 Å². The summed E-state index contributed by atoms with van der Waals surface area (Å²) in [5.41, 5.74) is -0.755. The van der Waals surface area contributed by atoms with Gasteiger partial charge in [-0.15, -0.1) is 10.2 Å². The average Bonchev–Trinajstić information content (AvgIpc) is 2.80. The molecule has 0 saturated carbocycles. The van der Waals surface area contributed by atoms with E-state index in [9.17, 15) is 13.2 Å². The molecule has 1 aromatic heterocycles. The molecule has 1 N–H and O–H groups in total. The van der Waals surface area contributed by atoms with Crippen LogP contribution in [0.25, 0.3) is 0 Å². The molecule has 20 heavy (non-hydrogen) atoms. The quantitative estimate of drug-likeness (QED) is 0.933. The van der Waals surface area contributed by atoms with Crippen molar-refractivity contribution in [3.8, 4) is 5.75 Å². The number of hydrogen-bond donors (Lipinski definition) is 1. The standard InChI is InChI=1S/C12H12F3N3O2/c1-18-7-16-17-11(18)6-20-10-3-2-8(5-19)4-9(10)12(13,14)15/h2-4,7,19H,5-6H2,1H3. The highest BCUT2D eigenvalue weighted by atomic mass is 19.4. The van der Waals surface area contributed by atoms with Gasteiger partial charge in [-0.2, -0.15) is 13.2 Å². The largest absolute Gasteiger partial charge is 0.485 e. The number of rotatable bonds is 4. The Bertz CT molecular complexity index is 596. The Hall–Kier alpha value is -2.09. The summed E-state index contributed by atoms with van der Waals surface area (Å²) in [5.74, 6) is 0.0991. The summed E-state index contributed by atoms with van der Waals surface area (Å²) in [6, 6.07) is 3.43. The van der Waals surface area contributed by atoms with Crippen LogP contribution >= 0.6 is 0 Å². The van der Waals surface area contributed by atoms with E-state index in [1.54, 1.807) is 11.6 Å². The molecule has 1 heterocycles. The number of aromatic nitrogens is 3. The molecule has 0 aliphatic rings. The molecule has 0 aliphatic carbocycles. The highest BCUT2D eigenvalue weighted by Crippen LogP contribution is 2.37. The molecule has 5 nitrogen and oxygen atoms in total. The topological polar surface area (TPSA) is 60.2 Å². The summed E-state index contributed by atoms with van der Waals surface area (Å²) in [4.78, 5) is 0. The fourth-order valence-corrected chi connectivity index (χ4v) is 1.60. The van der Waals surface area contributed by atoms with Crippen molar-refractivity contribution in [2.24, 2.45) is 7.05 Å². The molecule has 0 saturated heterocycles. The van der Waals surface area contributed by atoms with Crippen LogP contribution in [0.4, 0.5) is 13.2 Å². The zero-order chi connectivity index (χ0) is 14.8. The first kappa shape index (κ1) is 14.3. The molecule has 8 heteroatoms. The molecular weight excluding hydrogens is 275 g/mol. The van der Waals surface area contributed by atoms with Gasteiger partial charge in [-0.3, -0.25) is 0 Å². The molecular formula is C12H12F3N3O2. The van der Waals surface area contributed by atoms with Crippen LogP contribution in [0.1, 0.15) is 17.0 Å². The van der Waals surface area contributed by atoms with Gasteiger partial charge in [0.15, 0.2) is 5.82 Å². The van der Waals surface area contributed by atoms with Gasteiger partial charge >= 0.3 is 6.18 Å². The van der Waals surface area contributed by atoms with Gasteiger partial charge in [0.2, 0.25) is 0 Å². The fraction of sp³-hybridized carbons (Fsp3) is 0.333. The number of benzene rings is 1. The second kappa shape index (κ2) is 5.49. The van der Waals surface area contributed by atoms with E-state index in [4.69, 9.17) is 9.84 Å². The minimum Gasteiger partial charge on any atom is -0.485 e. The highest BCUT2D eigenvalue weighted by Gasteiger charge is 2.34. The predicted molar refractivity (Wildman–Crippen MR) is 62.7 cm³/mol. The Morgan fingerprint density at radius 3 is 2.65 bits per heavy atom. The van der Waals surface area contributed by atoms with Gasteiger partial charge in [0.05, 0.1) is 12.2 Å². The molecule has 0 fully saturated rings. The van der Waals surface area contributed by atoms with Crippen molar-refractivity contribution in [2.45, 2.75) is 19.4 Å². The first-order chi connectivity index (χ1) is 9.41. The number of hydrogen-bond acceptors (Lipinski definition) is 4. The minimum atomic E-state index is -4.56. The van der Waals surface area contributed by atoms with E-state index in [1.807, 2.05) is 0 Å². The lowest BCUT2D eigenvalue weighted by Crippen LogP contribution is -2.11. The first-order valence-electron chi connectivity index (χ1n) is 5.68. The molecule has 0 unspecified atom stereocenters. The first-order valence-corrected chi connectivity index (χ1v) is 5.68. The summed E-state index contributed by atoms with van der Waals surface area (Å²) in [6.07, 6.45) is -3.13. The SMILES string of the molecule is Cn1cnnc1COc1ccc(CO)cc1C(F)(F)F. The smallest absolute Gasteiger partial charge is 0.419 e. The van der Waals surface area contributed by atoms with Gasteiger partial charge < -0.3 is 14.4 Å². The second-order valence-electron chi connectivity index (χ2n) is 4.13. The number of aryl methyl sites for hydroxylation is 1. The third-order valence-corrected chi connectivity index (χ3v) is 2.69. The van der Waals surface area contributed by atoms with E-state index >= 15 is 0 Å². The van der Waals surface area contributed by atoms with E-state index in [0.29, 0.717) is 5.82 Å². The number of aliphatic hydroxyl groups excluding tert-OH is 1. The Morgan fingerprint density at radius 1 is 1.35 bits per heavy atom. The lowest BCUT2D eigenvalue weighted by atomic mass is 10.1. The van der Waals surface area contributed by atoms with E-state index < -0.39 is 18.3 Å². The van der Waals surface area contributed by atoms with Crippen LogP contribution in [0, 0.1) is 0 Å². The van der Waals surface area contributed by atoms with E-state index in [0.717, 1.165) is 6.07 Å². The average molecular weight is 287 g/mol. The summed E-state index contributed by atoms with van der Waals surface area (Å²) in [7, 11) is 1.66. The van der Waals surface area contributed by atoms with Crippen molar-refractivity contribution in [1.29, 1.82) is 0 Å². The molecule has 2 aromatic rings.